The van der Waals surface area contributed by atoms with Crippen LogP contribution in [-0.2, 0) is 11.3 Å². The average Bonchev–Trinajstić information content (AvgIpc) is 2.46. The van der Waals surface area contributed by atoms with Gasteiger partial charge in [0.25, 0.3) is 0 Å². The van der Waals surface area contributed by atoms with E-state index < -0.39 is 11.4 Å². The smallest absolute Gasteiger partial charge is 0.341 e. The summed E-state index contributed by atoms with van der Waals surface area (Å²) in [6.07, 6.45) is 1.37. The lowest BCUT2D eigenvalue weighted by Gasteiger charge is -2.14. The Morgan fingerprint density at radius 1 is 1.30 bits per heavy atom. The Kier molecular flexibility index (Phi) is 4.32. The maximum absolute atomic E-state index is 11.9. The number of aromatic nitrogens is 1. The number of aromatic carboxylic acids is 1. The van der Waals surface area contributed by atoms with Gasteiger partial charge in [0.05, 0.1) is 12.3 Å². The summed E-state index contributed by atoms with van der Waals surface area (Å²) < 4.78 is 6.75. The van der Waals surface area contributed by atoms with E-state index in [0.717, 1.165) is 5.56 Å². The molecule has 0 fully saturated rings. The van der Waals surface area contributed by atoms with Gasteiger partial charge in [0.15, 0.2) is 5.43 Å². The molecule has 0 aliphatic rings. The van der Waals surface area contributed by atoms with Crippen LogP contribution in [0.1, 0.15) is 10.4 Å². The van der Waals surface area contributed by atoms with Crippen LogP contribution >= 0.6 is 0 Å². The summed E-state index contributed by atoms with van der Waals surface area (Å²) >= 11 is 0. The maximum Gasteiger partial charge on any atom is 0.341 e. The van der Waals surface area contributed by atoms with E-state index in [4.69, 9.17) is 9.84 Å². The molecule has 2 aromatic rings. The van der Waals surface area contributed by atoms with E-state index in [1.54, 1.807) is 11.7 Å². The van der Waals surface area contributed by atoms with E-state index in [1.165, 1.54) is 12.3 Å². The highest BCUT2D eigenvalue weighted by atomic mass is 16.5. The summed E-state index contributed by atoms with van der Waals surface area (Å²) in [4.78, 5) is 22.9. The van der Waals surface area contributed by atoms with Crippen molar-refractivity contribution < 1.29 is 14.6 Å². The molecular weight excluding hydrogens is 258 g/mol. The predicted octanol–water partition coefficient (Wildman–Crippen LogP) is 1.86. The first kappa shape index (κ1) is 14.0. The van der Waals surface area contributed by atoms with Gasteiger partial charge in [-0.3, -0.25) is 4.79 Å². The molecule has 0 aliphatic carbocycles. The fourth-order valence-corrected chi connectivity index (χ4v) is 1.97. The zero-order chi connectivity index (χ0) is 14.5. The number of carboxylic acid groups (broad SMARTS) is 1. The van der Waals surface area contributed by atoms with E-state index in [0.29, 0.717) is 18.8 Å². The van der Waals surface area contributed by atoms with Crippen LogP contribution in [0.2, 0.25) is 0 Å². The molecule has 1 aromatic carbocycles. The number of nitrogens with zero attached hydrogens (tertiary/aromatic N) is 1. The minimum Gasteiger partial charge on any atom is -0.477 e. The minimum absolute atomic E-state index is 0.235. The third-order valence-corrected chi connectivity index (χ3v) is 2.96. The number of carboxylic acids is 1. The van der Waals surface area contributed by atoms with Crippen LogP contribution in [0.4, 0.5) is 0 Å². The van der Waals surface area contributed by atoms with Crippen molar-refractivity contribution in [2.24, 2.45) is 0 Å². The molecule has 0 saturated carbocycles. The van der Waals surface area contributed by atoms with E-state index in [-0.39, 0.29) is 5.56 Å². The molecule has 0 saturated heterocycles. The molecule has 0 radical (unpaired) electrons. The van der Waals surface area contributed by atoms with Crippen molar-refractivity contribution in [3.05, 3.63) is 58.4 Å². The van der Waals surface area contributed by atoms with Crippen molar-refractivity contribution in [3.8, 4) is 11.3 Å². The molecule has 1 heterocycles. The van der Waals surface area contributed by atoms with Gasteiger partial charge in [-0.15, -0.1) is 0 Å². The van der Waals surface area contributed by atoms with Gasteiger partial charge >= 0.3 is 5.97 Å². The molecule has 5 heteroatoms. The number of benzene rings is 1. The molecule has 0 amide bonds. The second-order valence-corrected chi connectivity index (χ2v) is 4.29. The summed E-state index contributed by atoms with van der Waals surface area (Å²) in [5.74, 6) is -1.22. The van der Waals surface area contributed by atoms with Crippen molar-refractivity contribution in [2.45, 2.75) is 6.54 Å². The zero-order valence-electron chi connectivity index (χ0n) is 11.1. The second-order valence-electron chi connectivity index (χ2n) is 4.29. The summed E-state index contributed by atoms with van der Waals surface area (Å²) in [7, 11) is 1.57. The lowest BCUT2D eigenvalue weighted by molar-refractivity contribution is 0.0694. The number of rotatable bonds is 5. The molecule has 5 nitrogen and oxygen atoms in total. The van der Waals surface area contributed by atoms with Crippen molar-refractivity contribution in [1.82, 2.24) is 4.57 Å². The minimum atomic E-state index is -1.22. The first-order valence-electron chi connectivity index (χ1n) is 6.15. The Morgan fingerprint density at radius 2 is 2.00 bits per heavy atom. The van der Waals surface area contributed by atoms with E-state index >= 15 is 0 Å². The highest BCUT2D eigenvalue weighted by molar-refractivity contribution is 5.87. The van der Waals surface area contributed by atoms with Gasteiger partial charge in [-0.05, 0) is 5.56 Å². The van der Waals surface area contributed by atoms with Gasteiger partial charge in [-0.2, -0.15) is 0 Å². The first-order valence-corrected chi connectivity index (χ1v) is 6.15. The van der Waals surface area contributed by atoms with Crippen LogP contribution in [0.3, 0.4) is 0 Å². The Morgan fingerprint density at radius 3 is 2.60 bits per heavy atom. The van der Waals surface area contributed by atoms with Crippen molar-refractivity contribution in [2.75, 3.05) is 13.7 Å². The van der Waals surface area contributed by atoms with Crippen LogP contribution in [0.5, 0.6) is 0 Å². The predicted molar refractivity (Wildman–Crippen MR) is 75.0 cm³/mol. The molecular formula is C15H15NO4. The van der Waals surface area contributed by atoms with Gasteiger partial charge in [0, 0.05) is 25.9 Å². The Labute approximate surface area is 116 Å². The molecule has 0 unspecified atom stereocenters. The third-order valence-electron chi connectivity index (χ3n) is 2.96. The second kappa shape index (κ2) is 6.16. The molecule has 0 spiro atoms. The van der Waals surface area contributed by atoms with Crippen LogP contribution in [-0.4, -0.2) is 29.4 Å². The van der Waals surface area contributed by atoms with Gasteiger partial charge in [-0.25, -0.2) is 4.79 Å². The summed E-state index contributed by atoms with van der Waals surface area (Å²) in [5, 5.41) is 9.03. The van der Waals surface area contributed by atoms with Crippen LogP contribution in [0, 0.1) is 0 Å². The van der Waals surface area contributed by atoms with Crippen molar-refractivity contribution >= 4 is 5.97 Å². The SMILES string of the molecule is COCCn1cc(C(=O)O)c(=O)cc1-c1ccccc1. The fraction of sp³-hybridized carbons (Fsp3) is 0.200. The Balaban J connectivity index is 2.57. The summed E-state index contributed by atoms with van der Waals surface area (Å²) in [5.41, 5.74) is 0.807. The fourth-order valence-electron chi connectivity index (χ4n) is 1.97. The number of pyridine rings is 1. The average molecular weight is 273 g/mol. The van der Waals surface area contributed by atoms with Crippen molar-refractivity contribution in [1.29, 1.82) is 0 Å². The highest BCUT2D eigenvalue weighted by Crippen LogP contribution is 2.18. The molecule has 0 bridgehead atoms. The number of methoxy groups -OCH3 is 1. The summed E-state index contributed by atoms with van der Waals surface area (Å²) in [6, 6.07) is 10.7. The largest absolute Gasteiger partial charge is 0.477 e. The van der Waals surface area contributed by atoms with E-state index in [9.17, 15) is 9.59 Å². The highest BCUT2D eigenvalue weighted by Gasteiger charge is 2.13. The molecule has 0 atom stereocenters. The van der Waals surface area contributed by atoms with Crippen molar-refractivity contribution in [3.63, 3.8) is 0 Å². The Hall–Kier alpha value is -2.40. The van der Waals surface area contributed by atoms with Gasteiger partial charge < -0.3 is 14.4 Å². The molecule has 2 rings (SSSR count). The number of ether oxygens (including phenoxy) is 1. The monoisotopic (exact) mass is 273 g/mol. The standard InChI is InChI=1S/C15H15NO4/c1-20-8-7-16-10-12(15(18)19)14(17)9-13(16)11-5-3-2-4-6-11/h2-6,9-10H,7-8H2,1H3,(H,18,19). The molecule has 0 aliphatic heterocycles. The lowest BCUT2D eigenvalue weighted by Crippen LogP contribution is -2.19. The molecule has 1 N–H and O–H groups in total. The van der Waals surface area contributed by atoms with E-state index in [1.807, 2.05) is 30.3 Å². The number of hydrogen-bond acceptors (Lipinski definition) is 3. The topological polar surface area (TPSA) is 68.5 Å². The molecule has 1 aromatic heterocycles. The Bertz CT molecular complexity index is 661. The van der Waals surface area contributed by atoms with E-state index in [2.05, 4.69) is 0 Å². The van der Waals surface area contributed by atoms with Crippen LogP contribution in [0.25, 0.3) is 11.3 Å². The number of hydrogen-bond donors (Lipinski definition) is 1. The maximum atomic E-state index is 11.9. The van der Waals surface area contributed by atoms with Gasteiger partial charge in [-0.1, -0.05) is 30.3 Å². The van der Waals surface area contributed by atoms with Crippen LogP contribution in [0.15, 0.2) is 47.4 Å². The normalized spacial score (nSPS) is 10.4. The lowest BCUT2D eigenvalue weighted by atomic mass is 10.1. The van der Waals surface area contributed by atoms with Gasteiger partial charge in [0.1, 0.15) is 5.56 Å². The number of carbonyl (C=O) groups is 1. The zero-order valence-corrected chi connectivity index (χ0v) is 11.1. The summed E-state index contributed by atoms with van der Waals surface area (Å²) in [6.45, 7) is 0.906. The third kappa shape index (κ3) is 2.95. The van der Waals surface area contributed by atoms with Crippen LogP contribution < -0.4 is 5.43 Å². The first-order chi connectivity index (χ1) is 9.63. The van der Waals surface area contributed by atoms with Gasteiger partial charge in [0.2, 0.25) is 0 Å². The molecule has 104 valence electrons. The quantitative estimate of drug-likeness (QED) is 0.902. The molecule has 20 heavy (non-hydrogen) atoms.